The van der Waals surface area contributed by atoms with Crippen LogP contribution in [0.3, 0.4) is 0 Å². The van der Waals surface area contributed by atoms with Crippen molar-refractivity contribution < 1.29 is 0 Å². The quantitative estimate of drug-likeness (QED) is 0.619. The minimum Gasteiger partial charge on any atom is -0.310 e. The lowest BCUT2D eigenvalue weighted by Crippen LogP contribution is -2.14. The monoisotopic (exact) mass is 304 g/mol. The maximum atomic E-state index is 4.80. The van der Waals surface area contributed by atoms with Gasteiger partial charge in [-0.2, -0.15) is 5.10 Å². The van der Waals surface area contributed by atoms with Gasteiger partial charge in [0.15, 0.2) is 0 Å². The molecule has 1 N–H and O–H groups in total. The molecule has 0 atom stereocenters. The average Bonchev–Trinajstić information content (AvgIpc) is 2.64. The van der Waals surface area contributed by atoms with Gasteiger partial charge in [-0.25, -0.2) is 0 Å². The van der Waals surface area contributed by atoms with E-state index in [-0.39, 0.29) is 0 Å². The van der Waals surface area contributed by atoms with E-state index in [0.29, 0.717) is 0 Å². The van der Waals surface area contributed by atoms with Crippen molar-refractivity contribution in [2.24, 2.45) is 5.10 Å². The van der Waals surface area contributed by atoms with Crippen molar-refractivity contribution in [3.05, 3.63) is 11.6 Å². The molecule has 0 radical (unpaired) electrons. The van der Waals surface area contributed by atoms with Gasteiger partial charge in [-0.15, -0.1) is 0 Å². The van der Waals surface area contributed by atoms with E-state index >= 15 is 0 Å². The third kappa shape index (κ3) is 7.47. The van der Waals surface area contributed by atoms with Crippen LogP contribution in [0.15, 0.2) is 16.8 Å². The second kappa shape index (κ2) is 11.7. The van der Waals surface area contributed by atoms with E-state index in [1.165, 1.54) is 108 Å². The second-order valence-electron chi connectivity index (χ2n) is 7.08. The smallest absolute Gasteiger partial charge is 0.0631 e. The van der Waals surface area contributed by atoms with Crippen LogP contribution in [0.1, 0.15) is 103 Å². The molecule has 126 valence electrons. The number of rotatable bonds is 1. The number of hydrazone groups is 1. The first-order chi connectivity index (χ1) is 11.0. The summed E-state index contributed by atoms with van der Waals surface area (Å²) in [5, 5.41) is 4.80. The summed E-state index contributed by atoms with van der Waals surface area (Å²) in [5.41, 5.74) is 6.29. The van der Waals surface area contributed by atoms with Gasteiger partial charge in [0.05, 0.1) is 5.71 Å². The summed E-state index contributed by atoms with van der Waals surface area (Å²) in [7, 11) is 0. The molecule has 0 bridgehead atoms. The maximum absolute atomic E-state index is 4.80. The molecule has 0 amide bonds. The molecule has 1 heterocycles. The highest BCUT2D eigenvalue weighted by atomic mass is 15.3. The van der Waals surface area contributed by atoms with E-state index in [1.54, 1.807) is 5.57 Å². The summed E-state index contributed by atoms with van der Waals surface area (Å²) in [6.07, 6.45) is 24.2. The van der Waals surface area contributed by atoms with Crippen LogP contribution in [-0.4, -0.2) is 12.3 Å². The van der Waals surface area contributed by atoms with Crippen LogP contribution in [0, 0.1) is 0 Å². The van der Waals surface area contributed by atoms with Crippen LogP contribution >= 0.6 is 0 Å². The normalized spacial score (nSPS) is 28.7. The van der Waals surface area contributed by atoms with Crippen molar-refractivity contribution in [3.8, 4) is 0 Å². The molecule has 2 aliphatic rings. The van der Waals surface area contributed by atoms with Crippen molar-refractivity contribution in [2.75, 3.05) is 6.54 Å². The van der Waals surface area contributed by atoms with Gasteiger partial charge >= 0.3 is 0 Å². The molecule has 2 heteroatoms. The second-order valence-corrected chi connectivity index (χ2v) is 7.08. The number of allylic oxidation sites excluding steroid dienone is 2. The fourth-order valence-electron chi connectivity index (χ4n) is 3.63. The van der Waals surface area contributed by atoms with Crippen molar-refractivity contribution in [1.82, 2.24) is 5.43 Å². The Hall–Kier alpha value is -0.790. The number of nitrogens with one attached hydrogen (secondary N) is 1. The van der Waals surface area contributed by atoms with Crippen LogP contribution in [0.2, 0.25) is 0 Å². The van der Waals surface area contributed by atoms with Crippen LogP contribution in [0.25, 0.3) is 0 Å². The van der Waals surface area contributed by atoms with Gasteiger partial charge in [0.1, 0.15) is 0 Å². The minimum atomic E-state index is 1.05. The summed E-state index contributed by atoms with van der Waals surface area (Å²) in [4.78, 5) is 0. The van der Waals surface area contributed by atoms with Gasteiger partial charge in [-0.3, -0.25) is 0 Å². The van der Waals surface area contributed by atoms with Crippen molar-refractivity contribution >= 4 is 5.71 Å². The van der Waals surface area contributed by atoms with Crippen molar-refractivity contribution in [2.45, 2.75) is 103 Å². The highest BCUT2D eigenvalue weighted by molar-refractivity contribution is 5.99. The van der Waals surface area contributed by atoms with Crippen LogP contribution in [0.5, 0.6) is 0 Å². The lowest BCUT2D eigenvalue weighted by Gasteiger charge is -2.12. The van der Waals surface area contributed by atoms with Crippen LogP contribution in [0.4, 0.5) is 0 Å². The SMILES string of the molecule is C1=C(/C2=N/NCCCCCCCC2)CCCCCCCCC/1. The molecule has 0 saturated heterocycles. The number of nitrogens with zero attached hydrogens (tertiary/aromatic N) is 1. The summed E-state index contributed by atoms with van der Waals surface area (Å²) in [6.45, 7) is 1.05. The number of hydrogen-bond acceptors (Lipinski definition) is 2. The van der Waals surface area contributed by atoms with Crippen molar-refractivity contribution in [3.63, 3.8) is 0 Å². The Morgan fingerprint density at radius 2 is 1.23 bits per heavy atom. The Balaban J connectivity index is 1.97. The highest BCUT2D eigenvalue weighted by Gasteiger charge is 2.09. The zero-order valence-corrected chi connectivity index (χ0v) is 14.5. The molecule has 1 aliphatic carbocycles. The molecule has 1 aliphatic heterocycles. The van der Waals surface area contributed by atoms with E-state index in [4.69, 9.17) is 5.10 Å². The van der Waals surface area contributed by atoms with E-state index in [9.17, 15) is 0 Å². The molecule has 22 heavy (non-hydrogen) atoms. The van der Waals surface area contributed by atoms with E-state index in [1.807, 2.05) is 0 Å². The van der Waals surface area contributed by atoms with Crippen LogP contribution < -0.4 is 5.43 Å². The Labute approximate surface area is 137 Å². The van der Waals surface area contributed by atoms with Gasteiger partial charge in [0, 0.05) is 6.54 Å². The molecule has 0 aromatic heterocycles. The molecule has 0 aromatic rings. The summed E-state index contributed by atoms with van der Waals surface area (Å²) < 4.78 is 0. The molecule has 0 saturated carbocycles. The summed E-state index contributed by atoms with van der Waals surface area (Å²) in [6, 6.07) is 0. The molecule has 0 aromatic carbocycles. The molecule has 0 fully saturated rings. The average molecular weight is 305 g/mol. The van der Waals surface area contributed by atoms with Crippen LogP contribution in [-0.2, 0) is 0 Å². The molecular formula is C20H36N2. The fraction of sp³-hybridized carbons (Fsp3) is 0.850. The predicted octanol–water partition coefficient (Wildman–Crippen LogP) is 6.13. The molecule has 2 nitrogen and oxygen atoms in total. The van der Waals surface area contributed by atoms with Gasteiger partial charge in [0.25, 0.3) is 0 Å². The van der Waals surface area contributed by atoms with Gasteiger partial charge in [-0.1, -0.05) is 63.9 Å². The lowest BCUT2D eigenvalue weighted by atomic mass is 9.97. The maximum Gasteiger partial charge on any atom is 0.0631 e. The molecule has 2 rings (SSSR count). The molecular weight excluding hydrogens is 268 g/mol. The first-order valence-electron chi connectivity index (χ1n) is 9.95. The van der Waals surface area contributed by atoms with E-state index in [0.717, 1.165) is 6.54 Å². The van der Waals surface area contributed by atoms with Gasteiger partial charge in [-0.05, 0) is 50.5 Å². The molecule has 0 spiro atoms. The first-order valence-corrected chi connectivity index (χ1v) is 9.95. The summed E-state index contributed by atoms with van der Waals surface area (Å²) in [5.74, 6) is 0. The first kappa shape index (κ1) is 17.6. The zero-order valence-electron chi connectivity index (χ0n) is 14.5. The van der Waals surface area contributed by atoms with E-state index < -0.39 is 0 Å². The fourth-order valence-corrected chi connectivity index (χ4v) is 3.63. The largest absolute Gasteiger partial charge is 0.310 e. The van der Waals surface area contributed by atoms with Crippen molar-refractivity contribution in [1.29, 1.82) is 0 Å². The Bertz CT molecular complexity index is 310. The minimum absolute atomic E-state index is 1.05. The standard InChI is InChI=1S/C20H36N2/c1-2-4-8-12-16-19(15-11-7-3-1)20-17-13-9-5-6-10-14-18-21-22-20/h15,21H,1-14,16-18H2/b19-15+,22-20+. The predicted molar refractivity (Wildman–Crippen MR) is 97.4 cm³/mol. The third-order valence-corrected chi connectivity index (χ3v) is 5.08. The number of hydrogen-bond donors (Lipinski definition) is 1. The van der Waals surface area contributed by atoms with E-state index in [2.05, 4.69) is 11.5 Å². The lowest BCUT2D eigenvalue weighted by molar-refractivity contribution is 0.586. The Morgan fingerprint density at radius 1 is 0.636 bits per heavy atom. The molecule has 0 unspecified atom stereocenters. The Kier molecular flexibility index (Phi) is 9.37. The topological polar surface area (TPSA) is 24.4 Å². The zero-order chi connectivity index (χ0) is 15.3. The summed E-state index contributed by atoms with van der Waals surface area (Å²) >= 11 is 0. The van der Waals surface area contributed by atoms with Gasteiger partial charge < -0.3 is 5.43 Å². The Morgan fingerprint density at radius 3 is 2.00 bits per heavy atom. The van der Waals surface area contributed by atoms with Gasteiger partial charge in [0.2, 0.25) is 0 Å². The highest BCUT2D eigenvalue weighted by Crippen LogP contribution is 2.20. The third-order valence-electron chi connectivity index (χ3n) is 5.08.